The molecule has 0 aliphatic heterocycles. The number of carbonyl (C=O) groups is 1. The molecule has 0 aliphatic carbocycles. The number of alkyl halides is 6. The summed E-state index contributed by atoms with van der Waals surface area (Å²) >= 11 is 5.84. The van der Waals surface area contributed by atoms with Crippen molar-refractivity contribution in [2.45, 2.75) is 8.32 Å². The molecule has 0 aliphatic rings. The third kappa shape index (κ3) is 3.34. The molecule has 0 atom stereocenters. The second-order valence-electron chi connectivity index (χ2n) is 1.32. The van der Waals surface area contributed by atoms with E-state index in [-0.39, 0.29) is 0 Å². The van der Waals surface area contributed by atoms with E-state index in [1.807, 2.05) is 0 Å². The van der Waals surface area contributed by atoms with E-state index < -0.39 is 14.1 Å². The summed E-state index contributed by atoms with van der Waals surface area (Å²) in [6.07, 6.45) is 0. The van der Waals surface area contributed by atoms with Crippen LogP contribution in [-0.2, 0) is 4.79 Å². The van der Waals surface area contributed by atoms with Gasteiger partial charge in [-0.15, -0.1) is 0 Å². The Kier molecular flexibility index (Phi) is 3.38. The van der Waals surface area contributed by atoms with Gasteiger partial charge in [0.15, 0.2) is 0 Å². The highest BCUT2D eigenvalue weighted by Gasteiger charge is 2.48. The van der Waals surface area contributed by atoms with Crippen molar-refractivity contribution in [3.05, 3.63) is 0 Å². The summed E-state index contributed by atoms with van der Waals surface area (Å²) in [5.74, 6) is -1.93. The molecule has 10 heavy (non-hydrogen) atoms. The molecule has 1 nitrogen and oxygen atoms in total. The fraction of sp³-hybridized carbons (Fsp3) is 0.667. The first-order valence-electron chi connectivity index (χ1n) is 1.84. The largest absolute Gasteiger partial charge is 0.363 e. The van der Waals surface area contributed by atoms with Crippen molar-refractivity contribution in [1.29, 1.82) is 0 Å². The first kappa shape index (κ1) is 10.9. The fourth-order valence-corrected chi connectivity index (χ4v) is 1.46. The van der Waals surface area contributed by atoms with Crippen molar-refractivity contribution in [2.75, 3.05) is 0 Å². The molecule has 0 aromatic rings. The molecule has 0 fully saturated rings. The molecule has 0 aromatic heterocycles. The average Bonchev–Trinajstić information content (AvgIpc) is 1.59. The molecule has 60 valence electrons. The van der Waals surface area contributed by atoms with Crippen LogP contribution in [0.1, 0.15) is 0 Å². The fourth-order valence-electron chi connectivity index (χ4n) is 0.161. The highest BCUT2D eigenvalue weighted by molar-refractivity contribution is 9.25. The number of halogens is 6. The quantitative estimate of drug-likeness (QED) is 0.701. The molecule has 0 spiro atoms. The molecule has 0 radical (unpaired) electrons. The van der Waals surface area contributed by atoms with Crippen LogP contribution in [0, 0.1) is 0 Å². The molecule has 0 unspecified atom stereocenters. The second-order valence-corrected chi connectivity index (χ2v) is 5.57. The zero-order valence-corrected chi connectivity index (χ0v) is 8.93. The summed E-state index contributed by atoms with van der Waals surface area (Å²) in [4.78, 5) is 6.37. The first-order valence-corrected chi connectivity index (χ1v) is 4.22. The van der Waals surface area contributed by atoms with Crippen LogP contribution in [0.3, 0.4) is 0 Å². The Hall–Kier alpha value is 0.900. The monoisotopic (exact) mass is 346 g/mol. The molecule has 0 amide bonds. The standard InChI is InChI=1S/C3Br3F3O/c4-2(5,7)1(10)3(6,8)9. The number of carbonyl (C=O) groups excluding carboxylic acids is 1. The Labute approximate surface area is 79.7 Å². The summed E-state index contributed by atoms with van der Waals surface area (Å²) in [7, 11) is 0. The van der Waals surface area contributed by atoms with Gasteiger partial charge in [-0.2, -0.15) is 8.78 Å². The maximum absolute atomic E-state index is 12.3. The molecular formula is C3Br3F3O. The SMILES string of the molecule is O=C(C(F)(F)Br)C(F)(Br)Br. The summed E-state index contributed by atoms with van der Waals surface area (Å²) in [6.45, 7) is 0. The lowest BCUT2D eigenvalue weighted by Gasteiger charge is -2.12. The first-order chi connectivity index (χ1) is 4.15. The predicted molar refractivity (Wildman–Crippen MR) is 40.6 cm³/mol. The highest BCUT2D eigenvalue weighted by atomic mass is 79.9. The van der Waals surface area contributed by atoms with Crippen LogP contribution in [0.4, 0.5) is 13.2 Å². The van der Waals surface area contributed by atoms with Gasteiger partial charge in [-0.25, -0.2) is 4.39 Å². The van der Waals surface area contributed by atoms with E-state index in [1.54, 1.807) is 15.9 Å². The molecule has 7 heteroatoms. The van der Waals surface area contributed by atoms with Gasteiger partial charge in [-0.05, 0) is 47.8 Å². The van der Waals surface area contributed by atoms with Gasteiger partial charge >= 0.3 is 4.83 Å². The second kappa shape index (κ2) is 3.10. The maximum atomic E-state index is 12.3. The summed E-state index contributed by atoms with van der Waals surface area (Å²) in [5, 5.41) is 0. The minimum atomic E-state index is -3.85. The summed E-state index contributed by atoms with van der Waals surface area (Å²) in [6, 6.07) is 0. The minimum absolute atomic E-state index is 1.70. The van der Waals surface area contributed by atoms with Crippen molar-refractivity contribution < 1.29 is 18.0 Å². The minimum Gasteiger partial charge on any atom is -0.286 e. The van der Waals surface area contributed by atoms with Crippen LogP contribution in [0.2, 0.25) is 0 Å². The third-order valence-corrected chi connectivity index (χ3v) is 1.60. The Morgan fingerprint density at radius 2 is 1.40 bits per heavy atom. The predicted octanol–water partition coefficient (Wildman–Crippen LogP) is 2.96. The topological polar surface area (TPSA) is 17.1 Å². The Morgan fingerprint density at radius 3 is 1.40 bits per heavy atom. The lowest BCUT2D eigenvalue weighted by Crippen LogP contribution is -2.32. The van der Waals surface area contributed by atoms with Gasteiger partial charge in [0.25, 0.3) is 9.27 Å². The van der Waals surface area contributed by atoms with Crippen molar-refractivity contribution in [3.8, 4) is 0 Å². The van der Waals surface area contributed by atoms with E-state index in [0.717, 1.165) is 0 Å². The van der Waals surface area contributed by atoms with Gasteiger partial charge in [0, 0.05) is 0 Å². The van der Waals surface area contributed by atoms with E-state index in [4.69, 9.17) is 0 Å². The van der Waals surface area contributed by atoms with Crippen molar-refractivity contribution in [3.63, 3.8) is 0 Å². The molecule has 0 rings (SSSR count). The number of hydrogen-bond donors (Lipinski definition) is 0. The average molecular weight is 349 g/mol. The lowest BCUT2D eigenvalue weighted by atomic mass is 10.5. The van der Waals surface area contributed by atoms with Crippen LogP contribution in [0.15, 0.2) is 0 Å². The number of hydrogen-bond acceptors (Lipinski definition) is 1. The zero-order valence-electron chi connectivity index (χ0n) is 4.18. The Bertz CT molecular complexity index is 130. The van der Waals surface area contributed by atoms with Crippen LogP contribution < -0.4 is 0 Å². The van der Waals surface area contributed by atoms with Crippen LogP contribution in [0.25, 0.3) is 0 Å². The van der Waals surface area contributed by atoms with Crippen molar-refractivity contribution in [2.24, 2.45) is 0 Å². The van der Waals surface area contributed by atoms with Crippen LogP contribution >= 0.6 is 47.8 Å². The smallest absolute Gasteiger partial charge is 0.286 e. The summed E-state index contributed by atoms with van der Waals surface area (Å²) in [5.41, 5.74) is 0. The van der Waals surface area contributed by atoms with E-state index in [9.17, 15) is 18.0 Å². The molecule has 0 saturated carbocycles. The van der Waals surface area contributed by atoms with Crippen molar-refractivity contribution >= 4 is 53.6 Å². The van der Waals surface area contributed by atoms with Gasteiger partial charge in [-0.1, -0.05) is 0 Å². The van der Waals surface area contributed by atoms with Crippen LogP contribution in [0.5, 0.6) is 0 Å². The molecule has 0 aromatic carbocycles. The zero-order chi connectivity index (χ0) is 8.58. The van der Waals surface area contributed by atoms with Gasteiger partial charge in [-0.3, -0.25) is 4.79 Å². The maximum Gasteiger partial charge on any atom is 0.363 e. The Morgan fingerprint density at radius 1 is 1.10 bits per heavy atom. The number of ketones is 1. The van der Waals surface area contributed by atoms with Gasteiger partial charge in [0.2, 0.25) is 0 Å². The van der Waals surface area contributed by atoms with E-state index in [1.165, 1.54) is 0 Å². The van der Waals surface area contributed by atoms with Crippen molar-refractivity contribution in [1.82, 2.24) is 0 Å². The van der Waals surface area contributed by atoms with Gasteiger partial charge < -0.3 is 0 Å². The highest BCUT2D eigenvalue weighted by Crippen LogP contribution is 2.38. The van der Waals surface area contributed by atoms with Gasteiger partial charge in [0.05, 0.1) is 0 Å². The number of rotatable bonds is 2. The number of Topliss-reactive ketones (excluding diaryl/α,β-unsaturated/α-hetero) is 1. The summed E-state index contributed by atoms with van der Waals surface area (Å²) < 4.78 is 33.1. The van der Waals surface area contributed by atoms with Gasteiger partial charge in [0.1, 0.15) is 0 Å². The Balaban J connectivity index is 4.40. The molecular weight excluding hydrogens is 349 g/mol. The van der Waals surface area contributed by atoms with E-state index >= 15 is 0 Å². The molecule has 0 heterocycles. The molecule has 0 bridgehead atoms. The van der Waals surface area contributed by atoms with E-state index in [2.05, 4.69) is 31.9 Å². The molecule has 0 saturated heterocycles. The third-order valence-electron chi connectivity index (χ3n) is 0.515. The lowest BCUT2D eigenvalue weighted by molar-refractivity contribution is -0.134. The van der Waals surface area contributed by atoms with Crippen LogP contribution in [-0.4, -0.2) is 14.1 Å². The molecule has 0 N–H and O–H groups in total. The van der Waals surface area contributed by atoms with E-state index in [0.29, 0.717) is 0 Å². The normalized spacial score (nSPS) is 13.4.